The molecule has 6 heteroatoms. The molecule has 0 radical (unpaired) electrons. The van der Waals surface area contributed by atoms with Crippen LogP contribution in [0.1, 0.15) is 5.56 Å². The highest BCUT2D eigenvalue weighted by Crippen LogP contribution is 2.13. The van der Waals surface area contributed by atoms with Gasteiger partial charge in [0.15, 0.2) is 0 Å². The minimum atomic E-state index is -0.644. The van der Waals surface area contributed by atoms with Crippen molar-refractivity contribution in [3.05, 3.63) is 29.8 Å². The van der Waals surface area contributed by atoms with Crippen molar-refractivity contribution in [2.75, 3.05) is 41.0 Å². The lowest BCUT2D eigenvalue weighted by molar-refractivity contribution is -0.123. The molecular formula is C15H25N3O3. The van der Waals surface area contributed by atoms with Gasteiger partial charge in [-0.25, -0.2) is 0 Å². The van der Waals surface area contributed by atoms with Gasteiger partial charge in [-0.3, -0.25) is 4.79 Å². The number of hydrogen-bond acceptors (Lipinski definition) is 5. The zero-order chi connectivity index (χ0) is 15.7. The summed E-state index contributed by atoms with van der Waals surface area (Å²) >= 11 is 0. The van der Waals surface area contributed by atoms with Crippen molar-refractivity contribution >= 4 is 5.91 Å². The van der Waals surface area contributed by atoms with Crippen LogP contribution in [0.4, 0.5) is 0 Å². The van der Waals surface area contributed by atoms with Crippen LogP contribution in [0.15, 0.2) is 24.3 Å². The summed E-state index contributed by atoms with van der Waals surface area (Å²) in [6.45, 7) is 2.11. The second-order valence-corrected chi connectivity index (χ2v) is 5.08. The largest absolute Gasteiger partial charge is 0.492 e. The Balaban J connectivity index is 2.43. The second kappa shape index (κ2) is 9.33. The van der Waals surface area contributed by atoms with E-state index in [-0.39, 0.29) is 12.5 Å². The highest BCUT2D eigenvalue weighted by molar-refractivity contribution is 5.81. The first-order valence-electron chi connectivity index (χ1n) is 6.91. The first-order valence-corrected chi connectivity index (χ1v) is 6.91. The van der Waals surface area contributed by atoms with Crippen molar-refractivity contribution in [1.82, 2.24) is 10.2 Å². The first-order chi connectivity index (χ1) is 10.0. The molecule has 1 unspecified atom stereocenters. The summed E-state index contributed by atoms with van der Waals surface area (Å²) in [7, 11) is 5.51. The van der Waals surface area contributed by atoms with Gasteiger partial charge in [0.25, 0.3) is 0 Å². The summed E-state index contributed by atoms with van der Waals surface area (Å²) in [5.74, 6) is 0.570. The maximum atomic E-state index is 11.7. The number of amides is 1. The summed E-state index contributed by atoms with van der Waals surface area (Å²) in [5.41, 5.74) is 6.62. The third kappa shape index (κ3) is 7.08. The molecule has 0 aliphatic carbocycles. The number of carbonyl (C=O) groups excluding carboxylic acids is 1. The maximum absolute atomic E-state index is 11.7. The minimum Gasteiger partial charge on any atom is -0.492 e. The number of methoxy groups -OCH3 is 1. The molecule has 0 saturated heterocycles. The lowest BCUT2D eigenvalue weighted by Gasteiger charge is -2.13. The maximum Gasteiger partial charge on any atom is 0.239 e. The van der Waals surface area contributed by atoms with Crippen molar-refractivity contribution in [3.8, 4) is 5.75 Å². The third-order valence-electron chi connectivity index (χ3n) is 2.86. The van der Waals surface area contributed by atoms with Crippen LogP contribution in [0, 0.1) is 0 Å². The van der Waals surface area contributed by atoms with E-state index in [1.54, 1.807) is 0 Å². The monoisotopic (exact) mass is 295 g/mol. The standard InChI is InChI=1S/C15H25N3O3/c1-18(2)7-8-21-13-6-4-5-12(9-13)10-17-15(19)14(16)11-20-3/h4-6,9,14H,7-8,10-11,16H2,1-3H3,(H,17,19). The van der Waals surface area contributed by atoms with Crippen LogP contribution in [-0.4, -0.2) is 57.8 Å². The second-order valence-electron chi connectivity index (χ2n) is 5.08. The topological polar surface area (TPSA) is 76.8 Å². The molecule has 0 saturated carbocycles. The molecular weight excluding hydrogens is 270 g/mol. The Kier molecular flexibility index (Phi) is 7.74. The molecule has 1 rings (SSSR count). The molecule has 118 valence electrons. The third-order valence-corrected chi connectivity index (χ3v) is 2.86. The van der Waals surface area contributed by atoms with Crippen LogP contribution >= 0.6 is 0 Å². The van der Waals surface area contributed by atoms with Gasteiger partial charge in [-0.15, -0.1) is 0 Å². The minimum absolute atomic E-state index is 0.208. The lowest BCUT2D eigenvalue weighted by Crippen LogP contribution is -2.43. The summed E-state index contributed by atoms with van der Waals surface area (Å²) in [4.78, 5) is 13.7. The molecule has 1 atom stereocenters. The molecule has 1 amide bonds. The number of nitrogens with one attached hydrogen (secondary N) is 1. The number of carbonyl (C=O) groups is 1. The van der Waals surface area contributed by atoms with Crippen molar-refractivity contribution in [2.45, 2.75) is 12.6 Å². The number of nitrogens with two attached hydrogens (primary N) is 1. The lowest BCUT2D eigenvalue weighted by atomic mass is 10.2. The first kappa shape index (κ1) is 17.4. The molecule has 0 aromatic heterocycles. The molecule has 1 aromatic rings. The average Bonchev–Trinajstić information content (AvgIpc) is 2.45. The van der Waals surface area contributed by atoms with Gasteiger partial charge in [-0.2, -0.15) is 0 Å². The highest BCUT2D eigenvalue weighted by atomic mass is 16.5. The zero-order valence-corrected chi connectivity index (χ0v) is 13.0. The Morgan fingerprint density at radius 1 is 1.43 bits per heavy atom. The Labute approximate surface area is 126 Å². The Hall–Kier alpha value is -1.63. The van der Waals surface area contributed by atoms with Crippen LogP contribution in [0.3, 0.4) is 0 Å². The van der Waals surface area contributed by atoms with Crippen LogP contribution in [0.5, 0.6) is 5.75 Å². The molecule has 0 heterocycles. The summed E-state index contributed by atoms with van der Waals surface area (Å²) < 4.78 is 10.5. The van der Waals surface area contributed by atoms with Gasteiger partial charge < -0.3 is 25.4 Å². The number of likely N-dealkylation sites (N-methyl/N-ethyl adjacent to an activating group) is 1. The smallest absolute Gasteiger partial charge is 0.239 e. The highest BCUT2D eigenvalue weighted by Gasteiger charge is 2.12. The van der Waals surface area contributed by atoms with E-state index in [0.717, 1.165) is 17.9 Å². The quantitative estimate of drug-likeness (QED) is 0.681. The van der Waals surface area contributed by atoms with Gasteiger partial charge >= 0.3 is 0 Å². The van der Waals surface area contributed by atoms with Crippen LogP contribution < -0.4 is 15.8 Å². The SMILES string of the molecule is COCC(N)C(=O)NCc1cccc(OCCN(C)C)c1. The number of benzene rings is 1. The average molecular weight is 295 g/mol. The van der Waals surface area contributed by atoms with E-state index in [2.05, 4.69) is 10.2 Å². The van der Waals surface area contributed by atoms with Crippen LogP contribution in [0.2, 0.25) is 0 Å². The normalized spacial score (nSPS) is 12.2. The Morgan fingerprint density at radius 2 is 2.19 bits per heavy atom. The predicted molar refractivity (Wildman–Crippen MR) is 82.2 cm³/mol. The molecule has 0 fully saturated rings. The van der Waals surface area contributed by atoms with Crippen LogP contribution in [-0.2, 0) is 16.1 Å². The molecule has 0 spiro atoms. The number of nitrogens with zero attached hydrogens (tertiary/aromatic N) is 1. The predicted octanol–water partition coefficient (Wildman–Crippen LogP) is 0.217. The number of ether oxygens (including phenoxy) is 2. The van der Waals surface area contributed by atoms with Gasteiger partial charge in [-0.1, -0.05) is 12.1 Å². The zero-order valence-electron chi connectivity index (χ0n) is 13.0. The molecule has 0 aliphatic rings. The fourth-order valence-electron chi connectivity index (χ4n) is 1.67. The fraction of sp³-hybridized carbons (Fsp3) is 0.533. The molecule has 6 nitrogen and oxygen atoms in total. The molecule has 1 aromatic carbocycles. The summed E-state index contributed by atoms with van der Waals surface area (Å²) in [5, 5.41) is 2.78. The van der Waals surface area contributed by atoms with E-state index in [1.807, 2.05) is 38.4 Å². The van der Waals surface area contributed by atoms with Gasteiger partial charge in [0.05, 0.1) is 6.61 Å². The number of rotatable bonds is 9. The van der Waals surface area contributed by atoms with E-state index in [1.165, 1.54) is 7.11 Å². The number of hydrogen-bond donors (Lipinski definition) is 2. The van der Waals surface area contributed by atoms with E-state index < -0.39 is 6.04 Å². The molecule has 3 N–H and O–H groups in total. The van der Waals surface area contributed by atoms with Crippen molar-refractivity contribution in [2.24, 2.45) is 5.73 Å². The Bertz CT molecular complexity index is 438. The van der Waals surface area contributed by atoms with Crippen molar-refractivity contribution in [1.29, 1.82) is 0 Å². The van der Waals surface area contributed by atoms with Crippen molar-refractivity contribution < 1.29 is 14.3 Å². The fourth-order valence-corrected chi connectivity index (χ4v) is 1.67. The van der Waals surface area contributed by atoms with E-state index in [4.69, 9.17) is 15.2 Å². The molecule has 0 aliphatic heterocycles. The van der Waals surface area contributed by atoms with Crippen LogP contribution in [0.25, 0.3) is 0 Å². The van der Waals surface area contributed by atoms with Gasteiger partial charge in [0.2, 0.25) is 5.91 Å². The molecule has 0 bridgehead atoms. The van der Waals surface area contributed by atoms with Crippen molar-refractivity contribution in [3.63, 3.8) is 0 Å². The van der Waals surface area contributed by atoms with E-state index >= 15 is 0 Å². The van der Waals surface area contributed by atoms with Gasteiger partial charge in [-0.05, 0) is 31.8 Å². The summed E-state index contributed by atoms with van der Waals surface area (Å²) in [6, 6.07) is 7.01. The summed E-state index contributed by atoms with van der Waals surface area (Å²) in [6.07, 6.45) is 0. The Morgan fingerprint density at radius 3 is 2.86 bits per heavy atom. The molecule has 21 heavy (non-hydrogen) atoms. The van der Waals surface area contributed by atoms with E-state index in [0.29, 0.717) is 13.2 Å². The van der Waals surface area contributed by atoms with E-state index in [9.17, 15) is 4.79 Å². The van der Waals surface area contributed by atoms with Gasteiger partial charge in [0.1, 0.15) is 18.4 Å². The van der Waals surface area contributed by atoms with Gasteiger partial charge in [0, 0.05) is 20.2 Å².